The number of likely N-dealkylation sites (tertiary alicyclic amines) is 1. The van der Waals surface area contributed by atoms with Crippen molar-refractivity contribution < 1.29 is 27.2 Å². The zero-order valence-electron chi connectivity index (χ0n) is 15.0. The summed E-state index contributed by atoms with van der Waals surface area (Å²) < 4.78 is 53.1. The Labute approximate surface area is 159 Å². The van der Waals surface area contributed by atoms with Crippen molar-refractivity contribution in [2.75, 3.05) is 18.9 Å². The summed E-state index contributed by atoms with van der Waals surface area (Å²) in [5.41, 5.74) is -0.675. The van der Waals surface area contributed by atoms with E-state index in [0.717, 1.165) is 18.2 Å². The molecule has 0 aliphatic carbocycles. The molecule has 1 N–H and O–H groups in total. The number of benzene rings is 2. The Bertz CT molecular complexity index is 898. The van der Waals surface area contributed by atoms with Crippen LogP contribution in [0.25, 0.3) is 0 Å². The summed E-state index contributed by atoms with van der Waals surface area (Å²) in [5, 5.41) is 2.39. The third-order valence-corrected chi connectivity index (χ3v) is 4.88. The molecule has 0 unspecified atom stereocenters. The third kappa shape index (κ3) is 4.00. The summed E-state index contributed by atoms with van der Waals surface area (Å²) in [5.74, 6) is -3.91. The van der Waals surface area contributed by atoms with Crippen molar-refractivity contribution >= 4 is 17.5 Å². The van der Waals surface area contributed by atoms with Gasteiger partial charge < -0.3 is 10.2 Å². The van der Waals surface area contributed by atoms with Gasteiger partial charge in [0.15, 0.2) is 0 Å². The highest BCUT2D eigenvalue weighted by molar-refractivity contribution is 6.07. The van der Waals surface area contributed by atoms with Gasteiger partial charge in [-0.25, -0.2) is 4.39 Å². The molecule has 1 heterocycles. The van der Waals surface area contributed by atoms with Crippen LogP contribution in [0.2, 0.25) is 0 Å². The minimum atomic E-state index is -4.53. The van der Waals surface area contributed by atoms with Crippen LogP contribution in [0.5, 0.6) is 0 Å². The van der Waals surface area contributed by atoms with E-state index in [2.05, 4.69) is 5.32 Å². The first-order valence-corrected chi connectivity index (χ1v) is 8.66. The SMILES string of the molecule is CN1CC[C@H](c2cccc(C(F)(F)F)c2)[C@@H](C(=O)Nc2ccccc2F)C1=O. The second-order valence-electron chi connectivity index (χ2n) is 6.72. The number of anilines is 1. The van der Waals surface area contributed by atoms with Crippen LogP contribution in [0.1, 0.15) is 23.5 Å². The molecule has 1 saturated heterocycles. The molecule has 0 bridgehead atoms. The molecule has 2 aromatic carbocycles. The third-order valence-electron chi connectivity index (χ3n) is 4.88. The Hall–Kier alpha value is -2.90. The Morgan fingerprint density at radius 1 is 1.14 bits per heavy atom. The molecule has 28 heavy (non-hydrogen) atoms. The largest absolute Gasteiger partial charge is 0.416 e. The maximum atomic E-state index is 13.9. The van der Waals surface area contributed by atoms with Crippen LogP contribution < -0.4 is 5.32 Å². The molecule has 148 valence electrons. The van der Waals surface area contributed by atoms with Gasteiger partial charge in [0.1, 0.15) is 11.7 Å². The first kappa shape index (κ1) is 19.9. The molecule has 2 aromatic rings. The van der Waals surface area contributed by atoms with Crippen LogP contribution in [-0.2, 0) is 15.8 Å². The van der Waals surface area contributed by atoms with Crippen LogP contribution in [0.15, 0.2) is 48.5 Å². The fourth-order valence-corrected chi connectivity index (χ4v) is 3.39. The van der Waals surface area contributed by atoms with E-state index < -0.39 is 41.2 Å². The maximum absolute atomic E-state index is 13.9. The molecule has 0 radical (unpaired) electrons. The summed E-state index contributed by atoms with van der Waals surface area (Å²) in [6.45, 7) is 0.309. The lowest BCUT2D eigenvalue weighted by atomic mass is 9.79. The number of amides is 2. The van der Waals surface area contributed by atoms with E-state index in [4.69, 9.17) is 0 Å². The van der Waals surface area contributed by atoms with E-state index in [1.807, 2.05) is 0 Å². The Kier molecular flexibility index (Phi) is 5.40. The molecule has 0 aromatic heterocycles. The van der Waals surface area contributed by atoms with Crippen LogP contribution >= 0.6 is 0 Å². The molecular weight excluding hydrogens is 376 g/mol. The molecule has 2 amide bonds. The zero-order chi connectivity index (χ0) is 20.5. The molecule has 3 rings (SSSR count). The highest BCUT2D eigenvalue weighted by atomic mass is 19.4. The molecular formula is C20H18F4N2O2. The minimum absolute atomic E-state index is 0.0867. The smallest absolute Gasteiger partial charge is 0.345 e. The van der Waals surface area contributed by atoms with Crippen molar-refractivity contribution in [3.8, 4) is 0 Å². The second-order valence-corrected chi connectivity index (χ2v) is 6.72. The lowest BCUT2D eigenvalue weighted by Gasteiger charge is -2.35. The summed E-state index contributed by atoms with van der Waals surface area (Å²) in [4.78, 5) is 26.8. The van der Waals surface area contributed by atoms with Crippen molar-refractivity contribution in [1.29, 1.82) is 0 Å². The fraction of sp³-hybridized carbons (Fsp3) is 0.300. The monoisotopic (exact) mass is 394 g/mol. The highest BCUT2D eigenvalue weighted by Crippen LogP contribution is 2.37. The van der Waals surface area contributed by atoms with E-state index in [1.54, 1.807) is 0 Å². The van der Waals surface area contributed by atoms with Gasteiger partial charge in [0.2, 0.25) is 11.8 Å². The minimum Gasteiger partial charge on any atom is -0.345 e. The van der Waals surface area contributed by atoms with Gasteiger partial charge in [-0.15, -0.1) is 0 Å². The highest BCUT2D eigenvalue weighted by Gasteiger charge is 2.42. The number of piperidine rings is 1. The van der Waals surface area contributed by atoms with E-state index in [0.29, 0.717) is 13.0 Å². The first-order chi connectivity index (χ1) is 13.2. The van der Waals surface area contributed by atoms with E-state index >= 15 is 0 Å². The summed E-state index contributed by atoms with van der Waals surface area (Å²) in [7, 11) is 1.52. The zero-order valence-corrected chi connectivity index (χ0v) is 15.0. The summed E-state index contributed by atoms with van der Waals surface area (Å²) in [6, 6.07) is 10.1. The molecule has 0 spiro atoms. The number of alkyl halides is 3. The summed E-state index contributed by atoms with van der Waals surface area (Å²) >= 11 is 0. The van der Waals surface area contributed by atoms with Gasteiger partial charge in [-0.2, -0.15) is 13.2 Å². The Balaban J connectivity index is 1.94. The van der Waals surface area contributed by atoms with Gasteiger partial charge >= 0.3 is 6.18 Å². The quantitative estimate of drug-likeness (QED) is 0.631. The predicted molar refractivity (Wildman–Crippen MR) is 95.0 cm³/mol. The lowest BCUT2D eigenvalue weighted by Crippen LogP contribution is -2.47. The number of carbonyl (C=O) groups excluding carboxylic acids is 2. The number of carbonyl (C=O) groups is 2. The molecule has 1 aliphatic rings. The Morgan fingerprint density at radius 3 is 2.54 bits per heavy atom. The molecule has 8 heteroatoms. The number of nitrogens with one attached hydrogen (secondary N) is 1. The number of hydrogen-bond acceptors (Lipinski definition) is 2. The van der Waals surface area contributed by atoms with Crippen molar-refractivity contribution in [1.82, 2.24) is 4.90 Å². The second kappa shape index (κ2) is 7.61. The fourth-order valence-electron chi connectivity index (χ4n) is 3.39. The van der Waals surface area contributed by atoms with Gasteiger partial charge in [0.25, 0.3) is 0 Å². The van der Waals surface area contributed by atoms with E-state index in [9.17, 15) is 27.2 Å². The van der Waals surface area contributed by atoms with Gasteiger partial charge in [-0.3, -0.25) is 9.59 Å². The number of rotatable bonds is 3. The average Bonchev–Trinajstić information content (AvgIpc) is 2.65. The van der Waals surface area contributed by atoms with Crippen LogP contribution in [0.4, 0.5) is 23.2 Å². The van der Waals surface area contributed by atoms with Crippen LogP contribution in [0, 0.1) is 11.7 Å². The average molecular weight is 394 g/mol. The molecule has 1 fully saturated rings. The Morgan fingerprint density at radius 2 is 1.86 bits per heavy atom. The normalized spacial score (nSPS) is 20.2. The predicted octanol–water partition coefficient (Wildman–Crippen LogP) is 4.05. The van der Waals surface area contributed by atoms with Crippen LogP contribution in [-0.4, -0.2) is 30.3 Å². The number of para-hydroxylation sites is 1. The van der Waals surface area contributed by atoms with Crippen molar-refractivity contribution in [3.63, 3.8) is 0 Å². The maximum Gasteiger partial charge on any atom is 0.416 e. The van der Waals surface area contributed by atoms with Gasteiger partial charge in [-0.05, 0) is 30.2 Å². The van der Waals surface area contributed by atoms with E-state index in [-0.39, 0.29) is 11.3 Å². The molecule has 1 aliphatic heterocycles. The van der Waals surface area contributed by atoms with Crippen molar-refractivity contribution in [3.05, 3.63) is 65.5 Å². The van der Waals surface area contributed by atoms with Crippen molar-refractivity contribution in [2.24, 2.45) is 5.92 Å². The first-order valence-electron chi connectivity index (χ1n) is 8.66. The van der Waals surface area contributed by atoms with Gasteiger partial charge in [-0.1, -0.05) is 30.3 Å². The number of nitrogens with zero attached hydrogens (tertiary/aromatic N) is 1. The van der Waals surface area contributed by atoms with Gasteiger partial charge in [0.05, 0.1) is 11.3 Å². The molecule has 0 saturated carbocycles. The topological polar surface area (TPSA) is 49.4 Å². The van der Waals surface area contributed by atoms with Crippen molar-refractivity contribution in [2.45, 2.75) is 18.5 Å². The van der Waals surface area contributed by atoms with E-state index in [1.165, 1.54) is 42.3 Å². The summed E-state index contributed by atoms with van der Waals surface area (Å²) in [6.07, 6.45) is -4.21. The number of hydrogen-bond donors (Lipinski definition) is 1. The number of halogens is 4. The van der Waals surface area contributed by atoms with Gasteiger partial charge in [0, 0.05) is 19.5 Å². The standard InChI is InChI=1S/C20H18F4N2O2/c1-26-10-9-14(12-5-4-6-13(11-12)20(22,23)24)17(19(26)28)18(27)25-16-8-3-2-7-15(16)21/h2-8,11,14,17H,9-10H2,1H3,(H,25,27)/t14-,17+/m1/s1. The molecule has 2 atom stereocenters. The van der Waals surface area contributed by atoms with Crippen LogP contribution in [0.3, 0.4) is 0 Å². The lowest BCUT2D eigenvalue weighted by molar-refractivity contribution is -0.143. The molecule has 4 nitrogen and oxygen atoms in total.